The number of anilines is 1. The van der Waals surface area contributed by atoms with Crippen molar-refractivity contribution in [3.05, 3.63) is 89.4 Å². The van der Waals surface area contributed by atoms with E-state index in [0.717, 1.165) is 9.87 Å². The SMILES string of the molecule is COc1ccccc1N(CC(=O)NCCc1ccc(Cl)cc1)S(=O)(=O)c1ccccc1. The van der Waals surface area contributed by atoms with E-state index in [4.69, 9.17) is 16.3 Å². The molecule has 3 aromatic carbocycles. The molecule has 0 saturated heterocycles. The summed E-state index contributed by atoms with van der Waals surface area (Å²) in [4.78, 5) is 12.8. The quantitative estimate of drug-likeness (QED) is 0.527. The first kappa shape index (κ1) is 22.7. The van der Waals surface area contributed by atoms with Gasteiger partial charge >= 0.3 is 0 Å². The molecule has 0 aliphatic heterocycles. The van der Waals surface area contributed by atoms with Crippen molar-refractivity contribution in [2.45, 2.75) is 11.3 Å². The molecule has 0 saturated carbocycles. The third-order valence-electron chi connectivity index (χ3n) is 4.62. The Balaban J connectivity index is 1.80. The molecule has 0 aromatic heterocycles. The smallest absolute Gasteiger partial charge is 0.264 e. The molecule has 3 aromatic rings. The van der Waals surface area contributed by atoms with Crippen molar-refractivity contribution in [1.29, 1.82) is 0 Å². The molecule has 0 heterocycles. The second-order valence-electron chi connectivity index (χ2n) is 6.72. The van der Waals surface area contributed by atoms with Crippen LogP contribution in [0.1, 0.15) is 5.56 Å². The van der Waals surface area contributed by atoms with Crippen LogP contribution in [0.25, 0.3) is 0 Å². The second-order valence-corrected chi connectivity index (χ2v) is 9.02. The first-order valence-electron chi connectivity index (χ1n) is 9.64. The van der Waals surface area contributed by atoms with Crippen LogP contribution in [0.15, 0.2) is 83.8 Å². The van der Waals surface area contributed by atoms with Gasteiger partial charge in [0.15, 0.2) is 0 Å². The molecule has 0 fully saturated rings. The first-order valence-corrected chi connectivity index (χ1v) is 11.5. The van der Waals surface area contributed by atoms with Gasteiger partial charge in [0.2, 0.25) is 5.91 Å². The van der Waals surface area contributed by atoms with Crippen molar-refractivity contribution in [2.24, 2.45) is 0 Å². The van der Waals surface area contributed by atoms with E-state index in [9.17, 15) is 13.2 Å². The molecule has 8 heteroatoms. The van der Waals surface area contributed by atoms with Gasteiger partial charge in [-0.1, -0.05) is 54.1 Å². The van der Waals surface area contributed by atoms with E-state index in [1.165, 1.54) is 19.2 Å². The number of carbonyl (C=O) groups excluding carboxylic acids is 1. The van der Waals surface area contributed by atoms with E-state index in [2.05, 4.69) is 5.32 Å². The summed E-state index contributed by atoms with van der Waals surface area (Å²) in [5.41, 5.74) is 1.31. The third-order valence-corrected chi connectivity index (χ3v) is 6.65. The molecule has 162 valence electrons. The van der Waals surface area contributed by atoms with Crippen molar-refractivity contribution in [3.8, 4) is 5.75 Å². The maximum Gasteiger partial charge on any atom is 0.264 e. The van der Waals surface area contributed by atoms with E-state index in [0.29, 0.717) is 29.4 Å². The highest BCUT2D eigenvalue weighted by molar-refractivity contribution is 7.92. The number of nitrogens with one attached hydrogen (secondary N) is 1. The van der Waals surface area contributed by atoms with Crippen LogP contribution in [-0.4, -0.2) is 34.5 Å². The van der Waals surface area contributed by atoms with Gasteiger partial charge < -0.3 is 10.1 Å². The number of nitrogens with zero attached hydrogens (tertiary/aromatic N) is 1. The van der Waals surface area contributed by atoms with E-state index >= 15 is 0 Å². The molecule has 1 N–H and O–H groups in total. The van der Waals surface area contributed by atoms with Crippen LogP contribution < -0.4 is 14.4 Å². The number of sulfonamides is 1. The molecule has 31 heavy (non-hydrogen) atoms. The van der Waals surface area contributed by atoms with Gasteiger partial charge in [-0.15, -0.1) is 0 Å². The summed E-state index contributed by atoms with van der Waals surface area (Å²) >= 11 is 5.89. The van der Waals surface area contributed by atoms with Crippen LogP contribution in [0, 0.1) is 0 Å². The van der Waals surface area contributed by atoms with Gasteiger partial charge in [0, 0.05) is 11.6 Å². The number of amides is 1. The molecular weight excluding hydrogens is 436 g/mol. The topological polar surface area (TPSA) is 75.7 Å². The molecule has 0 aliphatic rings. The molecule has 0 radical (unpaired) electrons. The average Bonchev–Trinajstić information content (AvgIpc) is 2.79. The molecule has 6 nitrogen and oxygen atoms in total. The summed E-state index contributed by atoms with van der Waals surface area (Å²) in [6.45, 7) is -0.0101. The van der Waals surface area contributed by atoms with E-state index in [1.807, 2.05) is 12.1 Å². The average molecular weight is 459 g/mol. The predicted octanol–water partition coefficient (Wildman–Crippen LogP) is 3.90. The summed E-state index contributed by atoms with van der Waals surface area (Å²) < 4.78 is 33.1. The fourth-order valence-electron chi connectivity index (χ4n) is 3.04. The number of halogens is 1. The Morgan fingerprint density at radius 1 is 0.968 bits per heavy atom. The van der Waals surface area contributed by atoms with Crippen LogP contribution in [0.4, 0.5) is 5.69 Å². The van der Waals surface area contributed by atoms with Gasteiger partial charge in [-0.2, -0.15) is 0 Å². The van der Waals surface area contributed by atoms with E-state index < -0.39 is 15.9 Å². The maximum atomic E-state index is 13.3. The fraction of sp³-hybridized carbons (Fsp3) is 0.174. The summed E-state index contributed by atoms with van der Waals surface area (Å²) in [6.07, 6.45) is 0.600. The van der Waals surface area contributed by atoms with Crippen molar-refractivity contribution >= 4 is 33.2 Å². The summed E-state index contributed by atoms with van der Waals surface area (Å²) in [5.74, 6) is -0.0599. The number of ether oxygens (including phenoxy) is 1. The standard InChI is InChI=1S/C23H23ClN2O4S/c1-30-22-10-6-5-9-21(22)26(31(28,29)20-7-3-2-4-8-20)17-23(27)25-16-15-18-11-13-19(24)14-12-18/h2-14H,15-17H2,1H3,(H,25,27). The number of methoxy groups -OCH3 is 1. The van der Waals surface area contributed by atoms with Gasteiger partial charge in [-0.25, -0.2) is 8.42 Å². The molecule has 0 unspecified atom stereocenters. The van der Waals surface area contributed by atoms with Crippen LogP contribution in [0.5, 0.6) is 5.75 Å². The Hall–Kier alpha value is -3.03. The Labute approximate surface area is 187 Å². The lowest BCUT2D eigenvalue weighted by Crippen LogP contribution is -2.41. The molecule has 0 spiro atoms. The summed E-state index contributed by atoms with van der Waals surface area (Å²) in [7, 11) is -2.53. The van der Waals surface area contributed by atoms with E-state index in [-0.39, 0.29) is 11.4 Å². The molecule has 0 aliphatic carbocycles. The zero-order valence-electron chi connectivity index (χ0n) is 17.0. The normalized spacial score (nSPS) is 11.0. The number of rotatable bonds is 9. The Morgan fingerprint density at radius 3 is 2.29 bits per heavy atom. The van der Waals surface area contributed by atoms with Crippen LogP contribution >= 0.6 is 11.6 Å². The highest BCUT2D eigenvalue weighted by atomic mass is 35.5. The molecule has 3 rings (SSSR count). The minimum absolute atomic E-state index is 0.0925. The van der Waals surface area contributed by atoms with Crippen LogP contribution in [-0.2, 0) is 21.2 Å². The number of benzene rings is 3. The molecular formula is C23H23ClN2O4S. The minimum atomic E-state index is -3.99. The summed E-state index contributed by atoms with van der Waals surface area (Å²) in [6, 6.07) is 22.0. The van der Waals surface area contributed by atoms with Gasteiger partial charge in [-0.05, 0) is 48.4 Å². The van der Waals surface area contributed by atoms with Crippen molar-refractivity contribution in [3.63, 3.8) is 0 Å². The highest BCUT2D eigenvalue weighted by Crippen LogP contribution is 2.32. The largest absolute Gasteiger partial charge is 0.495 e. The zero-order valence-corrected chi connectivity index (χ0v) is 18.6. The minimum Gasteiger partial charge on any atom is -0.495 e. The van der Waals surface area contributed by atoms with Crippen molar-refractivity contribution < 1.29 is 17.9 Å². The van der Waals surface area contributed by atoms with Gasteiger partial charge in [0.1, 0.15) is 12.3 Å². The van der Waals surface area contributed by atoms with Gasteiger partial charge in [-0.3, -0.25) is 9.10 Å². The molecule has 0 atom stereocenters. The fourth-order valence-corrected chi connectivity index (χ4v) is 4.62. The van der Waals surface area contributed by atoms with Gasteiger partial charge in [0.25, 0.3) is 10.0 Å². The summed E-state index contributed by atoms with van der Waals surface area (Å²) in [5, 5.41) is 3.43. The Morgan fingerprint density at radius 2 is 1.61 bits per heavy atom. The first-order chi connectivity index (χ1) is 14.9. The van der Waals surface area contributed by atoms with Crippen LogP contribution in [0.3, 0.4) is 0 Å². The number of carbonyl (C=O) groups is 1. The van der Waals surface area contributed by atoms with Crippen molar-refractivity contribution in [2.75, 3.05) is 24.5 Å². The van der Waals surface area contributed by atoms with Crippen molar-refractivity contribution in [1.82, 2.24) is 5.32 Å². The lowest BCUT2D eigenvalue weighted by atomic mass is 10.1. The lowest BCUT2D eigenvalue weighted by Gasteiger charge is -2.25. The third kappa shape index (κ3) is 5.77. The lowest BCUT2D eigenvalue weighted by molar-refractivity contribution is -0.119. The Bertz CT molecular complexity index is 1120. The Kier molecular flexibility index (Phi) is 7.55. The monoisotopic (exact) mass is 458 g/mol. The second kappa shape index (κ2) is 10.3. The zero-order chi connectivity index (χ0) is 22.3. The number of hydrogen-bond acceptors (Lipinski definition) is 4. The number of hydrogen-bond donors (Lipinski definition) is 1. The van der Waals surface area contributed by atoms with Crippen LogP contribution in [0.2, 0.25) is 5.02 Å². The highest BCUT2D eigenvalue weighted by Gasteiger charge is 2.29. The predicted molar refractivity (Wildman–Crippen MR) is 122 cm³/mol. The molecule has 1 amide bonds. The number of para-hydroxylation sites is 2. The van der Waals surface area contributed by atoms with E-state index in [1.54, 1.807) is 54.6 Å². The maximum absolute atomic E-state index is 13.3. The molecule has 0 bridgehead atoms. The van der Waals surface area contributed by atoms with Gasteiger partial charge in [0.05, 0.1) is 17.7 Å².